The van der Waals surface area contributed by atoms with Crippen LogP contribution < -0.4 is 5.32 Å². The molecule has 2 nitrogen and oxygen atoms in total. The van der Waals surface area contributed by atoms with Crippen LogP contribution >= 0.6 is 0 Å². The Morgan fingerprint density at radius 3 is 2.29 bits per heavy atom. The van der Waals surface area contributed by atoms with Crippen LogP contribution in [0.1, 0.15) is 50.5 Å². The minimum Gasteiger partial charge on any atom is -0.352 e. The molecule has 5 rings (SSSR count). The van der Waals surface area contributed by atoms with Gasteiger partial charge in [0.05, 0.1) is 0 Å². The quantitative estimate of drug-likeness (QED) is 0.895. The number of nitrogens with one attached hydrogen (secondary N) is 1. The topological polar surface area (TPSA) is 29.1 Å². The summed E-state index contributed by atoms with van der Waals surface area (Å²) in [6.07, 6.45) is 8.99. The molecule has 0 aliphatic heterocycles. The van der Waals surface area contributed by atoms with Crippen molar-refractivity contribution in [1.29, 1.82) is 0 Å². The summed E-state index contributed by atoms with van der Waals surface area (Å²) in [4.78, 5) is 12.9. The van der Waals surface area contributed by atoms with Gasteiger partial charge in [-0.25, -0.2) is 0 Å². The second-order valence-electron chi connectivity index (χ2n) is 7.71. The van der Waals surface area contributed by atoms with Crippen LogP contribution in [-0.4, -0.2) is 5.91 Å². The molecule has 0 heterocycles. The second kappa shape index (κ2) is 5.15. The molecule has 0 aromatic heterocycles. The van der Waals surface area contributed by atoms with Gasteiger partial charge in [-0.2, -0.15) is 0 Å². The first-order chi connectivity index (χ1) is 10.2. The van der Waals surface area contributed by atoms with Crippen LogP contribution in [-0.2, 0) is 11.3 Å². The molecular formula is C19H25NO. The third kappa shape index (κ3) is 2.49. The number of rotatable bonds is 3. The van der Waals surface area contributed by atoms with Gasteiger partial charge in [0, 0.05) is 12.0 Å². The Hall–Kier alpha value is -1.31. The second-order valence-corrected chi connectivity index (χ2v) is 7.71. The van der Waals surface area contributed by atoms with E-state index in [0.717, 1.165) is 37.0 Å². The van der Waals surface area contributed by atoms with Crippen molar-refractivity contribution in [3.63, 3.8) is 0 Å². The molecule has 4 aliphatic rings. The van der Waals surface area contributed by atoms with E-state index < -0.39 is 0 Å². The summed E-state index contributed by atoms with van der Waals surface area (Å²) in [6.45, 7) is 0.682. The largest absolute Gasteiger partial charge is 0.352 e. The minimum atomic E-state index is -0.0260. The molecule has 2 atom stereocenters. The predicted octanol–water partition coefficient (Wildman–Crippen LogP) is 3.91. The summed E-state index contributed by atoms with van der Waals surface area (Å²) in [6, 6.07) is 10.3. The van der Waals surface area contributed by atoms with Crippen molar-refractivity contribution in [2.24, 2.45) is 23.2 Å². The minimum absolute atomic E-state index is 0.0260. The van der Waals surface area contributed by atoms with Gasteiger partial charge in [-0.1, -0.05) is 43.2 Å². The lowest BCUT2D eigenvalue weighted by molar-refractivity contribution is -0.138. The molecule has 2 heteroatoms. The highest BCUT2D eigenvalue weighted by molar-refractivity contribution is 5.83. The van der Waals surface area contributed by atoms with E-state index in [1.54, 1.807) is 0 Å². The van der Waals surface area contributed by atoms with Gasteiger partial charge < -0.3 is 5.32 Å². The number of hydrogen-bond acceptors (Lipinski definition) is 1. The number of carbonyl (C=O) groups excluding carboxylic acids is 1. The molecule has 0 radical (unpaired) electrons. The van der Waals surface area contributed by atoms with Crippen LogP contribution in [0.15, 0.2) is 30.3 Å². The van der Waals surface area contributed by atoms with Gasteiger partial charge in [0.25, 0.3) is 0 Å². The van der Waals surface area contributed by atoms with Gasteiger partial charge in [-0.15, -0.1) is 0 Å². The lowest BCUT2D eigenvalue weighted by Gasteiger charge is -2.47. The van der Waals surface area contributed by atoms with E-state index in [1.165, 1.54) is 31.2 Å². The summed E-state index contributed by atoms with van der Waals surface area (Å²) >= 11 is 0. The maximum atomic E-state index is 12.9. The molecule has 0 spiro atoms. The number of carbonyl (C=O) groups is 1. The van der Waals surface area contributed by atoms with Crippen LogP contribution in [0.4, 0.5) is 0 Å². The Labute approximate surface area is 127 Å². The van der Waals surface area contributed by atoms with E-state index in [0.29, 0.717) is 12.5 Å². The Bertz CT molecular complexity index is 508. The van der Waals surface area contributed by atoms with Crippen LogP contribution in [0.5, 0.6) is 0 Å². The maximum absolute atomic E-state index is 12.9. The standard InChI is InChI=1S/C19H25NO/c21-18(20-13-14-4-2-1-3-5-14)19-10-15-6-7-16(11-19)9-17(8-15)12-19/h1-5,15-17H,6-13H2,(H,20,21). The fraction of sp³-hybridized carbons (Fsp3) is 0.632. The summed E-state index contributed by atoms with van der Waals surface area (Å²) in [5.41, 5.74) is 1.18. The predicted molar refractivity (Wildman–Crippen MR) is 83.5 cm³/mol. The van der Waals surface area contributed by atoms with Crippen LogP contribution in [0.2, 0.25) is 0 Å². The van der Waals surface area contributed by atoms with E-state index in [-0.39, 0.29) is 5.41 Å². The summed E-state index contributed by atoms with van der Waals surface area (Å²) in [5.74, 6) is 2.80. The van der Waals surface area contributed by atoms with E-state index in [4.69, 9.17) is 0 Å². The molecule has 0 saturated heterocycles. The molecule has 2 unspecified atom stereocenters. The summed E-state index contributed by atoms with van der Waals surface area (Å²) in [5, 5.41) is 3.24. The van der Waals surface area contributed by atoms with Gasteiger partial charge in [-0.05, 0) is 55.4 Å². The normalized spacial score (nSPS) is 37.2. The number of amides is 1. The highest BCUT2D eigenvalue weighted by Gasteiger charge is 2.52. The molecule has 1 N–H and O–H groups in total. The zero-order valence-electron chi connectivity index (χ0n) is 12.7. The molecule has 21 heavy (non-hydrogen) atoms. The van der Waals surface area contributed by atoms with E-state index >= 15 is 0 Å². The molecule has 4 bridgehead atoms. The third-order valence-electron chi connectivity index (χ3n) is 6.13. The SMILES string of the molecule is O=C(NCc1ccccc1)C12CC3CCC(CC(C3)C1)C2. The van der Waals surface area contributed by atoms with Gasteiger partial charge in [0.1, 0.15) is 0 Å². The lowest BCUT2D eigenvalue weighted by Crippen LogP contribution is -2.48. The average molecular weight is 283 g/mol. The molecule has 1 aromatic rings. The Morgan fingerprint density at radius 2 is 1.62 bits per heavy atom. The van der Waals surface area contributed by atoms with Gasteiger partial charge in [0.2, 0.25) is 5.91 Å². The number of hydrogen-bond donors (Lipinski definition) is 1. The van der Waals surface area contributed by atoms with Crippen molar-refractivity contribution < 1.29 is 4.79 Å². The van der Waals surface area contributed by atoms with Crippen LogP contribution in [0.3, 0.4) is 0 Å². The van der Waals surface area contributed by atoms with E-state index in [2.05, 4.69) is 17.4 Å². The third-order valence-corrected chi connectivity index (χ3v) is 6.13. The lowest BCUT2D eigenvalue weighted by atomic mass is 9.58. The van der Waals surface area contributed by atoms with Crippen molar-refractivity contribution in [3.8, 4) is 0 Å². The zero-order valence-corrected chi connectivity index (χ0v) is 12.7. The molecule has 4 fully saturated rings. The van der Waals surface area contributed by atoms with E-state index in [9.17, 15) is 4.79 Å². The van der Waals surface area contributed by atoms with Crippen LogP contribution in [0, 0.1) is 23.2 Å². The number of fused-ring (bicyclic) bond motifs is 1. The highest BCUT2D eigenvalue weighted by Crippen LogP contribution is 2.57. The van der Waals surface area contributed by atoms with Crippen molar-refractivity contribution in [1.82, 2.24) is 5.32 Å². The number of benzene rings is 1. The smallest absolute Gasteiger partial charge is 0.226 e. The first-order valence-electron chi connectivity index (χ1n) is 8.56. The first kappa shape index (κ1) is 13.4. The zero-order chi connectivity index (χ0) is 14.3. The monoisotopic (exact) mass is 283 g/mol. The molecule has 1 aromatic carbocycles. The van der Waals surface area contributed by atoms with E-state index in [1.807, 2.05) is 18.2 Å². The fourth-order valence-corrected chi connectivity index (χ4v) is 5.44. The fourth-order valence-electron chi connectivity index (χ4n) is 5.44. The Morgan fingerprint density at radius 1 is 1.00 bits per heavy atom. The average Bonchev–Trinajstić information content (AvgIpc) is 2.72. The van der Waals surface area contributed by atoms with Gasteiger partial charge in [0.15, 0.2) is 0 Å². The van der Waals surface area contributed by atoms with Crippen molar-refractivity contribution >= 4 is 5.91 Å². The van der Waals surface area contributed by atoms with Crippen molar-refractivity contribution in [2.75, 3.05) is 0 Å². The first-order valence-corrected chi connectivity index (χ1v) is 8.56. The van der Waals surface area contributed by atoms with Crippen LogP contribution in [0.25, 0.3) is 0 Å². The van der Waals surface area contributed by atoms with Gasteiger partial charge in [-0.3, -0.25) is 4.79 Å². The Kier molecular flexibility index (Phi) is 3.28. The molecule has 112 valence electrons. The summed E-state index contributed by atoms with van der Waals surface area (Å²) in [7, 11) is 0. The van der Waals surface area contributed by atoms with Crippen molar-refractivity contribution in [2.45, 2.75) is 51.5 Å². The highest BCUT2D eigenvalue weighted by atomic mass is 16.2. The molecule has 4 aliphatic carbocycles. The van der Waals surface area contributed by atoms with Crippen molar-refractivity contribution in [3.05, 3.63) is 35.9 Å². The molecular weight excluding hydrogens is 258 g/mol. The molecule has 4 saturated carbocycles. The maximum Gasteiger partial charge on any atom is 0.226 e. The summed E-state index contributed by atoms with van der Waals surface area (Å²) < 4.78 is 0. The van der Waals surface area contributed by atoms with Gasteiger partial charge >= 0.3 is 0 Å². The Balaban J connectivity index is 1.48. The molecule has 1 amide bonds.